The van der Waals surface area contributed by atoms with Crippen LogP contribution in [0.1, 0.15) is 35.7 Å². The Hall–Kier alpha value is -1.06. The molecule has 0 aliphatic heterocycles. The molecule has 0 saturated carbocycles. The first-order chi connectivity index (χ1) is 10.2. The second-order valence-electron chi connectivity index (χ2n) is 4.53. The molecule has 0 bridgehead atoms. The maximum absolute atomic E-state index is 6.29. The summed E-state index contributed by atoms with van der Waals surface area (Å²) < 4.78 is 10.9. The highest BCUT2D eigenvalue weighted by Crippen LogP contribution is 2.31. The first-order valence-electron chi connectivity index (χ1n) is 6.70. The Morgan fingerprint density at radius 1 is 1.57 bits per heavy atom. The molecule has 0 amide bonds. The molecule has 2 heterocycles. The summed E-state index contributed by atoms with van der Waals surface area (Å²) in [5.41, 5.74) is 4.56. The van der Waals surface area contributed by atoms with Gasteiger partial charge in [-0.3, -0.25) is 10.5 Å². The molecular formula is C12H19ClN6OS. The van der Waals surface area contributed by atoms with Gasteiger partial charge in [0.1, 0.15) is 6.04 Å². The molecule has 2 rings (SSSR count). The molecule has 0 fully saturated rings. The summed E-state index contributed by atoms with van der Waals surface area (Å²) >= 11 is 7.61. The number of hydrogen-bond acceptors (Lipinski definition) is 7. The van der Waals surface area contributed by atoms with Crippen LogP contribution in [0.4, 0.5) is 0 Å². The maximum Gasteiger partial charge on any atom is 0.102 e. The van der Waals surface area contributed by atoms with Crippen LogP contribution in [-0.4, -0.2) is 33.1 Å². The van der Waals surface area contributed by atoms with E-state index < -0.39 is 0 Å². The molecule has 2 aromatic rings. The number of halogens is 1. The smallest absolute Gasteiger partial charge is 0.102 e. The zero-order valence-electron chi connectivity index (χ0n) is 12.0. The minimum atomic E-state index is -0.279. The SMILES string of the molecule is CCCc1nnsc1C(NN)c1c(Cl)cnn1CCOC. The van der Waals surface area contributed by atoms with Gasteiger partial charge in [-0.25, -0.2) is 5.43 Å². The average molecular weight is 331 g/mol. The van der Waals surface area contributed by atoms with E-state index in [0.717, 1.165) is 29.1 Å². The summed E-state index contributed by atoms with van der Waals surface area (Å²) in [6, 6.07) is -0.279. The van der Waals surface area contributed by atoms with Gasteiger partial charge in [0.25, 0.3) is 0 Å². The zero-order valence-corrected chi connectivity index (χ0v) is 13.6. The predicted molar refractivity (Wildman–Crippen MR) is 82.2 cm³/mol. The summed E-state index contributed by atoms with van der Waals surface area (Å²) in [7, 11) is 1.65. The van der Waals surface area contributed by atoms with E-state index >= 15 is 0 Å². The highest BCUT2D eigenvalue weighted by molar-refractivity contribution is 7.05. The maximum atomic E-state index is 6.29. The number of aryl methyl sites for hydroxylation is 1. The lowest BCUT2D eigenvalue weighted by Gasteiger charge is -2.17. The Balaban J connectivity index is 2.36. The number of rotatable bonds is 8. The molecule has 2 aromatic heterocycles. The Bertz CT molecular complexity index is 572. The van der Waals surface area contributed by atoms with Crippen molar-refractivity contribution in [3.8, 4) is 0 Å². The summed E-state index contributed by atoms with van der Waals surface area (Å²) in [6.45, 7) is 3.25. The molecule has 0 saturated heterocycles. The number of aromatic nitrogens is 4. The molecule has 1 unspecified atom stereocenters. The van der Waals surface area contributed by atoms with Crippen molar-refractivity contribution >= 4 is 23.1 Å². The van der Waals surface area contributed by atoms with Crippen LogP contribution < -0.4 is 11.3 Å². The summed E-state index contributed by atoms with van der Waals surface area (Å²) in [6.07, 6.45) is 3.46. The van der Waals surface area contributed by atoms with E-state index in [4.69, 9.17) is 22.2 Å². The fourth-order valence-corrected chi connectivity index (χ4v) is 3.15. The monoisotopic (exact) mass is 330 g/mol. The van der Waals surface area contributed by atoms with Crippen molar-refractivity contribution in [2.24, 2.45) is 5.84 Å². The highest BCUT2D eigenvalue weighted by Gasteiger charge is 2.25. The minimum absolute atomic E-state index is 0.279. The van der Waals surface area contributed by atoms with Crippen molar-refractivity contribution < 1.29 is 4.74 Å². The third-order valence-corrected chi connectivity index (χ3v) is 4.24. The Morgan fingerprint density at radius 2 is 2.38 bits per heavy atom. The van der Waals surface area contributed by atoms with Gasteiger partial charge in [-0.15, -0.1) is 5.10 Å². The van der Waals surface area contributed by atoms with E-state index in [1.807, 2.05) is 0 Å². The average Bonchev–Trinajstić information content (AvgIpc) is 3.07. The lowest BCUT2D eigenvalue weighted by molar-refractivity contribution is 0.182. The summed E-state index contributed by atoms with van der Waals surface area (Å²) in [4.78, 5) is 0.973. The van der Waals surface area contributed by atoms with Crippen molar-refractivity contribution in [1.29, 1.82) is 0 Å². The van der Waals surface area contributed by atoms with E-state index in [2.05, 4.69) is 27.0 Å². The molecule has 0 aliphatic rings. The molecule has 21 heavy (non-hydrogen) atoms. The lowest BCUT2D eigenvalue weighted by Crippen LogP contribution is -2.31. The summed E-state index contributed by atoms with van der Waals surface area (Å²) in [5.74, 6) is 5.76. The number of methoxy groups -OCH3 is 1. The Kier molecular flexibility index (Phi) is 6.07. The van der Waals surface area contributed by atoms with Gasteiger partial charge < -0.3 is 4.74 Å². The molecule has 0 aromatic carbocycles. The number of nitrogens with zero attached hydrogens (tertiary/aromatic N) is 4. The number of nitrogens with two attached hydrogens (primary N) is 1. The first kappa shape index (κ1) is 16.3. The first-order valence-corrected chi connectivity index (χ1v) is 7.85. The predicted octanol–water partition coefficient (Wildman–Crippen LogP) is 1.54. The van der Waals surface area contributed by atoms with E-state index in [1.54, 1.807) is 18.0 Å². The number of hydrazine groups is 1. The van der Waals surface area contributed by atoms with E-state index in [1.165, 1.54) is 11.5 Å². The third-order valence-electron chi connectivity index (χ3n) is 3.11. The van der Waals surface area contributed by atoms with Crippen LogP contribution in [0.15, 0.2) is 6.20 Å². The van der Waals surface area contributed by atoms with Gasteiger partial charge in [-0.1, -0.05) is 29.4 Å². The molecule has 0 aliphatic carbocycles. The molecule has 7 nitrogen and oxygen atoms in total. The minimum Gasteiger partial charge on any atom is -0.383 e. The van der Waals surface area contributed by atoms with Gasteiger partial charge in [0.15, 0.2) is 0 Å². The van der Waals surface area contributed by atoms with Crippen molar-refractivity contribution in [2.75, 3.05) is 13.7 Å². The Labute approximate surface area is 132 Å². The number of ether oxygens (including phenoxy) is 1. The topological polar surface area (TPSA) is 90.9 Å². The van der Waals surface area contributed by atoms with E-state index in [0.29, 0.717) is 18.2 Å². The summed E-state index contributed by atoms with van der Waals surface area (Å²) in [5, 5.41) is 9.02. The van der Waals surface area contributed by atoms with Gasteiger partial charge in [0.05, 0.1) is 40.6 Å². The Morgan fingerprint density at radius 3 is 3.05 bits per heavy atom. The molecule has 3 N–H and O–H groups in total. The van der Waals surface area contributed by atoms with Crippen LogP contribution >= 0.6 is 23.1 Å². The van der Waals surface area contributed by atoms with E-state index in [-0.39, 0.29) is 6.04 Å². The standard InChI is InChI=1S/C12H19ClN6OS/c1-3-4-9-12(21-18-17-9)10(16-14)11-8(13)7-15-19(11)5-6-20-2/h7,10,16H,3-6,14H2,1-2H3. The van der Waals surface area contributed by atoms with Gasteiger partial charge >= 0.3 is 0 Å². The molecule has 1 atom stereocenters. The van der Waals surface area contributed by atoms with Crippen LogP contribution in [-0.2, 0) is 17.7 Å². The molecule has 0 radical (unpaired) electrons. The normalized spacial score (nSPS) is 12.8. The fourth-order valence-electron chi connectivity index (χ4n) is 2.14. The van der Waals surface area contributed by atoms with Crippen LogP contribution in [0.3, 0.4) is 0 Å². The van der Waals surface area contributed by atoms with Gasteiger partial charge in [-0.2, -0.15) is 5.10 Å². The number of hydrogen-bond donors (Lipinski definition) is 2. The second kappa shape index (κ2) is 7.81. The third kappa shape index (κ3) is 3.58. The molecule has 0 spiro atoms. The zero-order chi connectivity index (χ0) is 15.2. The quantitative estimate of drug-likeness (QED) is 0.563. The lowest BCUT2D eigenvalue weighted by atomic mass is 10.1. The molecule has 9 heteroatoms. The van der Waals surface area contributed by atoms with Crippen molar-refractivity contribution in [2.45, 2.75) is 32.4 Å². The number of nitrogens with one attached hydrogen (secondary N) is 1. The van der Waals surface area contributed by atoms with E-state index in [9.17, 15) is 0 Å². The van der Waals surface area contributed by atoms with Crippen molar-refractivity contribution in [3.05, 3.63) is 27.5 Å². The van der Waals surface area contributed by atoms with Gasteiger partial charge in [0.2, 0.25) is 0 Å². The van der Waals surface area contributed by atoms with Crippen LogP contribution in [0.25, 0.3) is 0 Å². The van der Waals surface area contributed by atoms with Crippen LogP contribution in [0.2, 0.25) is 5.02 Å². The second-order valence-corrected chi connectivity index (χ2v) is 5.72. The highest BCUT2D eigenvalue weighted by atomic mass is 35.5. The fraction of sp³-hybridized carbons (Fsp3) is 0.583. The van der Waals surface area contributed by atoms with Gasteiger partial charge in [0, 0.05) is 7.11 Å². The molecular weight excluding hydrogens is 312 g/mol. The largest absolute Gasteiger partial charge is 0.383 e. The van der Waals surface area contributed by atoms with Crippen molar-refractivity contribution in [3.63, 3.8) is 0 Å². The van der Waals surface area contributed by atoms with Crippen LogP contribution in [0.5, 0.6) is 0 Å². The van der Waals surface area contributed by atoms with Crippen LogP contribution in [0, 0.1) is 0 Å². The van der Waals surface area contributed by atoms with Crippen molar-refractivity contribution in [1.82, 2.24) is 24.8 Å². The molecule has 116 valence electrons. The van der Waals surface area contributed by atoms with Gasteiger partial charge in [-0.05, 0) is 18.0 Å².